The van der Waals surface area contributed by atoms with Crippen LogP contribution in [0, 0.1) is 0 Å². The molecule has 3 nitrogen and oxygen atoms in total. The summed E-state index contributed by atoms with van der Waals surface area (Å²) in [5, 5.41) is 2.09. The number of anilines is 1. The minimum Gasteiger partial charge on any atom is -0.406 e. The molecule has 0 radical (unpaired) electrons. The van der Waals surface area contributed by atoms with E-state index in [1.54, 1.807) is 23.5 Å². The Bertz CT molecular complexity index is 981. The molecule has 1 aliphatic heterocycles. The lowest BCUT2D eigenvalue weighted by Crippen LogP contribution is -2.34. The van der Waals surface area contributed by atoms with Gasteiger partial charge in [0.15, 0.2) is 0 Å². The monoisotopic (exact) mass is 432 g/mol. The molecule has 30 heavy (non-hydrogen) atoms. The first-order chi connectivity index (χ1) is 14.3. The van der Waals surface area contributed by atoms with Crippen molar-refractivity contribution in [2.75, 3.05) is 25.5 Å². The van der Waals surface area contributed by atoms with Crippen molar-refractivity contribution < 1.29 is 17.9 Å². The number of benzene rings is 2. The van der Waals surface area contributed by atoms with Crippen LogP contribution in [0.5, 0.6) is 5.75 Å². The van der Waals surface area contributed by atoms with Crippen LogP contribution < -0.4 is 9.64 Å². The fourth-order valence-electron chi connectivity index (χ4n) is 3.91. The number of fused-ring (bicyclic) bond motifs is 1. The predicted molar refractivity (Wildman–Crippen MR) is 114 cm³/mol. The summed E-state index contributed by atoms with van der Waals surface area (Å²) in [6.07, 6.45) is -3.70. The summed E-state index contributed by atoms with van der Waals surface area (Å²) in [5.74, 6) is -0.196. The zero-order valence-corrected chi connectivity index (χ0v) is 17.6. The van der Waals surface area contributed by atoms with Crippen molar-refractivity contribution in [3.8, 4) is 5.75 Å². The Labute approximate surface area is 178 Å². The molecule has 0 saturated heterocycles. The first-order valence-electron chi connectivity index (χ1n) is 9.72. The third-order valence-corrected chi connectivity index (χ3v) is 6.33. The van der Waals surface area contributed by atoms with Crippen LogP contribution in [-0.2, 0) is 13.0 Å². The zero-order valence-electron chi connectivity index (χ0n) is 16.8. The number of alkyl halides is 3. The van der Waals surface area contributed by atoms with Crippen LogP contribution >= 0.6 is 11.3 Å². The second-order valence-electron chi connectivity index (χ2n) is 7.60. The van der Waals surface area contributed by atoms with E-state index in [4.69, 9.17) is 0 Å². The highest BCUT2D eigenvalue weighted by atomic mass is 32.1. The Kier molecular flexibility index (Phi) is 5.75. The van der Waals surface area contributed by atoms with E-state index in [9.17, 15) is 13.2 Å². The molecule has 158 valence electrons. The van der Waals surface area contributed by atoms with Crippen LogP contribution in [0.4, 0.5) is 18.9 Å². The fourth-order valence-corrected chi connectivity index (χ4v) is 4.82. The highest BCUT2D eigenvalue weighted by molar-refractivity contribution is 7.10. The number of hydrogen-bond donors (Lipinski definition) is 0. The summed E-state index contributed by atoms with van der Waals surface area (Å²) in [5.41, 5.74) is 4.56. The van der Waals surface area contributed by atoms with E-state index in [-0.39, 0.29) is 11.8 Å². The van der Waals surface area contributed by atoms with Gasteiger partial charge in [0.2, 0.25) is 0 Å². The third kappa shape index (κ3) is 4.63. The number of halogens is 3. The number of rotatable bonds is 5. The lowest BCUT2D eigenvalue weighted by molar-refractivity contribution is -0.274. The molecule has 3 aromatic rings. The van der Waals surface area contributed by atoms with Gasteiger partial charge in [-0.05, 0) is 58.8 Å². The van der Waals surface area contributed by atoms with Crippen molar-refractivity contribution in [2.45, 2.75) is 25.4 Å². The van der Waals surface area contributed by atoms with Crippen molar-refractivity contribution in [3.63, 3.8) is 0 Å². The highest BCUT2D eigenvalue weighted by Crippen LogP contribution is 2.39. The second-order valence-corrected chi connectivity index (χ2v) is 8.60. The number of nitrogens with zero attached hydrogens (tertiary/aromatic N) is 2. The van der Waals surface area contributed by atoms with Crippen LogP contribution in [0.1, 0.15) is 27.6 Å². The number of hydrogen-bond acceptors (Lipinski definition) is 4. The summed E-state index contributed by atoms with van der Waals surface area (Å²) in [6, 6.07) is 16.9. The molecule has 1 aromatic heterocycles. The fraction of sp³-hybridized carbons (Fsp3) is 0.304. The van der Waals surface area contributed by atoms with Gasteiger partial charge in [-0.3, -0.25) is 4.90 Å². The smallest absolute Gasteiger partial charge is 0.406 e. The quantitative estimate of drug-likeness (QED) is 0.502. The molecule has 1 atom stereocenters. The zero-order chi connectivity index (χ0) is 21.3. The molecule has 1 unspecified atom stereocenters. The van der Waals surface area contributed by atoms with Gasteiger partial charge in [0.25, 0.3) is 0 Å². The van der Waals surface area contributed by atoms with Gasteiger partial charge in [0.1, 0.15) is 5.75 Å². The average Bonchev–Trinajstić information content (AvgIpc) is 3.17. The van der Waals surface area contributed by atoms with Gasteiger partial charge in [-0.15, -0.1) is 24.5 Å². The third-order valence-electron chi connectivity index (χ3n) is 5.33. The van der Waals surface area contributed by atoms with Gasteiger partial charge in [-0.1, -0.05) is 24.3 Å². The van der Waals surface area contributed by atoms with E-state index in [1.807, 2.05) is 14.1 Å². The summed E-state index contributed by atoms with van der Waals surface area (Å²) in [6.45, 7) is 1.67. The molecule has 0 fully saturated rings. The average molecular weight is 433 g/mol. The topological polar surface area (TPSA) is 15.7 Å². The van der Waals surface area contributed by atoms with Crippen LogP contribution in [0.3, 0.4) is 0 Å². The maximum atomic E-state index is 12.5. The molecule has 0 amide bonds. The van der Waals surface area contributed by atoms with Crippen molar-refractivity contribution >= 4 is 17.0 Å². The minimum absolute atomic E-state index is 0.00784. The molecule has 0 spiro atoms. The van der Waals surface area contributed by atoms with Gasteiger partial charge in [0.05, 0.1) is 6.04 Å². The summed E-state index contributed by atoms with van der Waals surface area (Å²) in [7, 11) is 4.03. The summed E-state index contributed by atoms with van der Waals surface area (Å²) < 4.78 is 41.5. The molecule has 0 aliphatic carbocycles. The van der Waals surface area contributed by atoms with E-state index in [0.717, 1.165) is 30.8 Å². The molecule has 4 rings (SSSR count). The van der Waals surface area contributed by atoms with Gasteiger partial charge in [0, 0.05) is 37.7 Å². The van der Waals surface area contributed by atoms with E-state index >= 15 is 0 Å². The molecule has 7 heteroatoms. The standard InChI is InChI=1S/C23H23F3N2OS/c1-27(2)18-7-3-16(4-8-18)15-28-13-11-21-20(12-14-30-21)22(28)17-5-9-19(10-6-17)29-23(24,25)26/h3-10,12,14,22H,11,13,15H2,1-2H3. The Hall–Kier alpha value is -2.51. The van der Waals surface area contributed by atoms with E-state index in [1.165, 1.54) is 28.1 Å². The molecule has 1 aliphatic rings. The van der Waals surface area contributed by atoms with Crippen molar-refractivity contribution in [1.29, 1.82) is 0 Å². The Balaban J connectivity index is 1.60. The van der Waals surface area contributed by atoms with Crippen molar-refractivity contribution in [3.05, 3.63) is 81.5 Å². The molecule has 0 bridgehead atoms. The molecule has 2 aromatic carbocycles. The van der Waals surface area contributed by atoms with Gasteiger partial charge >= 0.3 is 6.36 Å². The van der Waals surface area contributed by atoms with Crippen LogP contribution in [0.15, 0.2) is 60.0 Å². The Morgan fingerprint density at radius 1 is 1.03 bits per heavy atom. The lowest BCUT2D eigenvalue weighted by atomic mass is 9.92. The molecular formula is C23H23F3N2OS. The maximum Gasteiger partial charge on any atom is 0.573 e. The molecule has 2 heterocycles. The molecule has 0 saturated carbocycles. The van der Waals surface area contributed by atoms with Crippen LogP contribution in [0.25, 0.3) is 0 Å². The summed E-state index contributed by atoms with van der Waals surface area (Å²) >= 11 is 1.74. The normalized spacial score (nSPS) is 16.9. The minimum atomic E-state index is -4.68. The largest absolute Gasteiger partial charge is 0.573 e. The molecular weight excluding hydrogens is 409 g/mol. The van der Waals surface area contributed by atoms with Gasteiger partial charge < -0.3 is 9.64 Å². The Morgan fingerprint density at radius 3 is 2.37 bits per heavy atom. The first-order valence-corrected chi connectivity index (χ1v) is 10.6. The highest BCUT2D eigenvalue weighted by Gasteiger charge is 2.32. The van der Waals surface area contributed by atoms with E-state index in [0.29, 0.717) is 0 Å². The summed E-state index contributed by atoms with van der Waals surface area (Å²) in [4.78, 5) is 5.80. The number of thiophene rings is 1. The van der Waals surface area contributed by atoms with Crippen molar-refractivity contribution in [1.82, 2.24) is 4.90 Å². The van der Waals surface area contributed by atoms with E-state index < -0.39 is 6.36 Å². The Morgan fingerprint density at radius 2 is 1.73 bits per heavy atom. The SMILES string of the molecule is CN(C)c1ccc(CN2CCc3sccc3C2c2ccc(OC(F)(F)F)cc2)cc1. The first kappa shape index (κ1) is 20.8. The molecule has 0 N–H and O–H groups in total. The predicted octanol–water partition coefficient (Wildman–Crippen LogP) is 5.86. The van der Waals surface area contributed by atoms with Crippen LogP contribution in [-0.4, -0.2) is 31.9 Å². The van der Waals surface area contributed by atoms with Gasteiger partial charge in [-0.2, -0.15) is 0 Å². The van der Waals surface area contributed by atoms with Crippen LogP contribution in [0.2, 0.25) is 0 Å². The van der Waals surface area contributed by atoms with Gasteiger partial charge in [-0.25, -0.2) is 0 Å². The second kappa shape index (κ2) is 8.32. The lowest BCUT2D eigenvalue weighted by Gasteiger charge is -2.36. The maximum absolute atomic E-state index is 12.5. The van der Waals surface area contributed by atoms with E-state index in [2.05, 4.69) is 50.2 Å². The van der Waals surface area contributed by atoms with Crippen molar-refractivity contribution in [2.24, 2.45) is 0 Å². The number of ether oxygens (including phenoxy) is 1.